The first kappa shape index (κ1) is 22.2. The van der Waals surface area contributed by atoms with Gasteiger partial charge in [-0.25, -0.2) is 9.69 Å². The van der Waals surface area contributed by atoms with E-state index < -0.39 is 6.03 Å². The molecule has 0 bridgehead atoms. The van der Waals surface area contributed by atoms with Crippen LogP contribution in [0.5, 0.6) is 0 Å². The maximum absolute atomic E-state index is 13.2. The number of rotatable bonds is 6. The SMILES string of the molecule is CC(C)C(C)SSC(=O)N(Cc1ccccc1)C(=O)Nc1cccc2ccccc12. The molecule has 3 amide bonds. The normalized spacial score (nSPS) is 12.0. The fourth-order valence-electron chi connectivity index (χ4n) is 2.78. The van der Waals surface area contributed by atoms with Crippen LogP contribution in [0.3, 0.4) is 0 Å². The smallest absolute Gasteiger partial charge is 0.307 e. The van der Waals surface area contributed by atoms with Gasteiger partial charge in [-0.1, -0.05) is 98.3 Å². The number of imide groups is 1. The molecule has 3 rings (SSSR count). The first-order valence-electron chi connectivity index (χ1n) is 9.93. The van der Waals surface area contributed by atoms with E-state index in [2.05, 4.69) is 26.1 Å². The number of hydrogen-bond acceptors (Lipinski definition) is 4. The number of nitrogens with zero attached hydrogens (tertiary/aromatic N) is 1. The maximum atomic E-state index is 13.2. The number of urea groups is 1. The number of benzene rings is 3. The largest absolute Gasteiger partial charge is 0.329 e. The number of nitrogens with one attached hydrogen (secondary N) is 1. The summed E-state index contributed by atoms with van der Waals surface area (Å²) >= 11 is 0. The van der Waals surface area contributed by atoms with E-state index in [-0.39, 0.29) is 11.8 Å². The molecule has 0 radical (unpaired) electrons. The summed E-state index contributed by atoms with van der Waals surface area (Å²) in [6.07, 6.45) is 0. The fraction of sp³-hybridized carbons (Fsp3) is 0.250. The molecule has 3 aromatic carbocycles. The van der Waals surface area contributed by atoms with Crippen molar-refractivity contribution in [2.45, 2.75) is 32.6 Å². The van der Waals surface area contributed by atoms with Crippen LogP contribution in [0.15, 0.2) is 72.8 Å². The molecule has 0 saturated heterocycles. The van der Waals surface area contributed by atoms with Crippen molar-refractivity contribution in [1.82, 2.24) is 4.90 Å². The fourth-order valence-corrected chi connectivity index (χ4v) is 5.11. The Balaban J connectivity index is 1.81. The first-order valence-corrected chi connectivity index (χ1v) is 12.1. The Labute approximate surface area is 185 Å². The van der Waals surface area contributed by atoms with Gasteiger partial charge >= 0.3 is 11.3 Å². The molecule has 1 N–H and O–H groups in total. The highest BCUT2D eigenvalue weighted by molar-refractivity contribution is 8.82. The standard InChI is InChI=1S/C24H26N2O2S2/c1-17(2)18(3)29-30-24(28)26(16-19-10-5-4-6-11-19)23(27)25-22-15-9-13-20-12-7-8-14-21(20)22/h4-15,17-18H,16H2,1-3H3,(H,25,27). The van der Waals surface area contributed by atoms with Crippen molar-refractivity contribution in [3.8, 4) is 0 Å². The lowest BCUT2D eigenvalue weighted by Crippen LogP contribution is -2.37. The molecule has 1 atom stereocenters. The van der Waals surface area contributed by atoms with Crippen molar-refractivity contribution in [1.29, 1.82) is 0 Å². The summed E-state index contributed by atoms with van der Waals surface area (Å²) in [6.45, 7) is 6.56. The lowest BCUT2D eigenvalue weighted by Gasteiger charge is -2.22. The second-order valence-electron chi connectivity index (χ2n) is 7.42. The van der Waals surface area contributed by atoms with Crippen LogP contribution in [0.2, 0.25) is 0 Å². The minimum absolute atomic E-state index is 0.222. The van der Waals surface area contributed by atoms with Gasteiger partial charge in [-0.05, 0) is 22.9 Å². The van der Waals surface area contributed by atoms with Gasteiger partial charge in [0.05, 0.1) is 12.2 Å². The van der Waals surface area contributed by atoms with Crippen LogP contribution in [0.25, 0.3) is 10.8 Å². The van der Waals surface area contributed by atoms with Crippen LogP contribution in [0, 0.1) is 5.92 Å². The lowest BCUT2D eigenvalue weighted by atomic mass is 10.1. The molecule has 0 aromatic heterocycles. The second kappa shape index (κ2) is 10.5. The predicted octanol–water partition coefficient (Wildman–Crippen LogP) is 7.42. The molecular weight excluding hydrogens is 412 g/mol. The Morgan fingerprint density at radius 3 is 2.30 bits per heavy atom. The van der Waals surface area contributed by atoms with E-state index in [1.54, 1.807) is 0 Å². The van der Waals surface area contributed by atoms with Gasteiger partial charge in [-0.2, -0.15) is 0 Å². The number of amides is 3. The molecule has 0 aliphatic heterocycles. The minimum atomic E-state index is -0.425. The third-order valence-electron chi connectivity index (χ3n) is 4.89. The van der Waals surface area contributed by atoms with E-state index in [0.717, 1.165) is 27.1 Å². The Hall–Kier alpha value is -2.44. The van der Waals surface area contributed by atoms with E-state index in [0.29, 0.717) is 16.9 Å². The Bertz CT molecular complexity index is 1000. The van der Waals surface area contributed by atoms with E-state index >= 15 is 0 Å². The summed E-state index contributed by atoms with van der Waals surface area (Å²) in [5.41, 5.74) is 1.60. The van der Waals surface area contributed by atoms with Crippen molar-refractivity contribution >= 4 is 49.3 Å². The topological polar surface area (TPSA) is 49.4 Å². The highest BCUT2D eigenvalue weighted by Gasteiger charge is 2.24. The summed E-state index contributed by atoms with van der Waals surface area (Å²) in [5.74, 6) is 0.447. The summed E-state index contributed by atoms with van der Waals surface area (Å²) in [7, 11) is 2.63. The van der Waals surface area contributed by atoms with Crippen LogP contribution in [-0.2, 0) is 6.54 Å². The van der Waals surface area contributed by atoms with E-state index in [4.69, 9.17) is 0 Å². The van der Waals surface area contributed by atoms with E-state index in [9.17, 15) is 9.59 Å². The van der Waals surface area contributed by atoms with Gasteiger partial charge in [0, 0.05) is 21.4 Å². The van der Waals surface area contributed by atoms with Gasteiger partial charge in [-0.15, -0.1) is 0 Å². The predicted molar refractivity (Wildman–Crippen MR) is 130 cm³/mol. The van der Waals surface area contributed by atoms with Gasteiger partial charge in [0.15, 0.2) is 0 Å². The Morgan fingerprint density at radius 2 is 1.57 bits per heavy atom. The van der Waals surface area contributed by atoms with Gasteiger partial charge < -0.3 is 5.32 Å². The van der Waals surface area contributed by atoms with Gasteiger partial charge in [0.1, 0.15) is 0 Å². The number of hydrogen-bond donors (Lipinski definition) is 1. The van der Waals surface area contributed by atoms with Crippen LogP contribution in [-0.4, -0.2) is 21.4 Å². The van der Waals surface area contributed by atoms with E-state index in [1.165, 1.54) is 15.7 Å². The van der Waals surface area contributed by atoms with Gasteiger partial charge in [-0.3, -0.25) is 4.79 Å². The highest BCUT2D eigenvalue weighted by Crippen LogP contribution is 2.33. The molecule has 6 heteroatoms. The zero-order valence-electron chi connectivity index (χ0n) is 17.4. The zero-order chi connectivity index (χ0) is 21.5. The van der Waals surface area contributed by atoms with Crippen molar-refractivity contribution in [3.05, 3.63) is 78.4 Å². The lowest BCUT2D eigenvalue weighted by molar-refractivity contribution is 0.207. The first-order chi connectivity index (χ1) is 14.5. The molecule has 1 unspecified atom stereocenters. The van der Waals surface area contributed by atoms with Gasteiger partial charge in [0.25, 0.3) is 0 Å². The molecule has 0 aliphatic carbocycles. The molecule has 0 fully saturated rings. The average molecular weight is 439 g/mol. The summed E-state index contributed by atoms with van der Waals surface area (Å²) in [4.78, 5) is 27.4. The van der Waals surface area contributed by atoms with Crippen LogP contribution < -0.4 is 5.32 Å². The third-order valence-corrected chi connectivity index (χ3v) is 7.82. The summed E-state index contributed by atoms with van der Waals surface area (Å²) < 4.78 is 0. The average Bonchev–Trinajstić information content (AvgIpc) is 2.76. The molecule has 156 valence electrons. The van der Waals surface area contributed by atoms with Gasteiger partial charge in [0.2, 0.25) is 0 Å². The highest BCUT2D eigenvalue weighted by atomic mass is 33.1. The zero-order valence-corrected chi connectivity index (χ0v) is 19.0. The molecule has 4 nitrogen and oxygen atoms in total. The summed E-state index contributed by atoms with van der Waals surface area (Å²) in [6, 6.07) is 22.7. The van der Waals surface area contributed by atoms with Crippen LogP contribution in [0.4, 0.5) is 15.3 Å². The number of fused-ring (bicyclic) bond motifs is 1. The Kier molecular flexibility index (Phi) is 7.82. The van der Waals surface area contributed by atoms with Crippen molar-refractivity contribution in [3.63, 3.8) is 0 Å². The quantitative estimate of drug-likeness (QED) is 0.407. The number of carbonyl (C=O) groups excluding carboxylic acids is 2. The second-order valence-corrected chi connectivity index (χ2v) is 9.95. The van der Waals surface area contributed by atoms with Crippen molar-refractivity contribution < 1.29 is 9.59 Å². The van der Waals surface area contributed by atoms with Crippen molar-refractivity contribution in [2.24, 2.45) is 5.92 Å². The minimum Gasteiger partial charge on any atom is -0.307 e. The summed E-state index contributed by atoms with van der Waals surface area (Å²) in [5, 5.41) is 4.95. The van der Waals surface area contributed by atoms with Crippen LogP contribution >= 0.6 is 21.6 Å². The maximum Gasteiger partial charge on any atom is 0.329 e. The van der Waals surface area contributed by atoms with E-state index in [1.807, 2.05) is 72.8 Å². The molecule has 0 saturated carbocycles. The molecular formula is C24H26N2O2S2. The molecule has 0 spiro atoms. The number of carbonyl (C=O) groups is 2. The molecule has 3 aromatic rings. The Morgan fingerprint density at radius 1 is 0.900 bits per heavy atom. The molecule has 0 aliphatic rings. The number of anilines is 1. The van der Waals surface area contributed by atoms with Crippen LogP contribution in [0.1, 0.15) is 26.3 Å². The molecule has 30 heavy (non-hydrogen) atoms. The third kappa shape index (κ3) is 5.80. The monoisotopic (exact) mass is 438 g/mol. The molecule has 0 heterocycles. The van der Waals surface area contributed by atoms with Crippen molar-refractivity contribution in [2.75, 3.05) is 5.32 Å².